The summed E-state index contributed by atoms with van der Waals surface area (Å²) < 4.78 is 27.3. The third-order valence-electron chi connectivity index (χ3n) is 5.80. The summed E-state index contributed by atoms with van der Waals surface area (Å²) in [6, 6.07) is 21.9. The maximum Gasteiger partial charge on any atom is 0.123 e. The first-order chi connectivity index (χ1) is 13.2. The van der Waals surface area contributed by atoms with Gasteiger partial charge in [-0.15, -0.1) is 0 Å². The van der Waals surface area contributed by atoms with Gasteiger partial charge in [-0.25, -0.2) is 8.78 Å². The van der Waals surface area contributed by atoms with Crippen molar-refractivity contribution in [1.29, 1.82) is 0 Å². The van der Waals surface area contributed by atoms with Crippen molar-refractivity contribution in [2.75, 3.05) is 0 Å². The molecule has 0 aromatic heterocycles. The fourth-order valence-electron chi connectivity index (χ4n) is 3.77. The van der Waals surface area contributed by atoms with Crippen LogP contribution in [0.1, 0.15) is 51.7 Å². The third kappa shape index (κ3) is 4.49. The molecule has 3 rings (SSSR count). The highest BCUT2D eigenvalue weighted by atomic mass is 19.1. The average molecular weight is 379 g/mol. The molecule has 0 N–H and O–H groups in total. The molecule has 146 valence electrons. The van der Waals surface area contributed by atoms with Gasteiger partial charge in [0.05, 0.1) is 0 Å². The quantitative estimate of drug-likeness (QED) is 0.413. The van der Waals surface area contributed by atoms with Crippen molar-refractivity contribution in [2.45, 2.75) is 51.4 Å². The molecule has 0 heterocycles. The standard InChI is InChI=1S/C26H28F2/c1-25(2,20-10-12-21(27)13-11-20)16-17-26(3,4)24-15-14-22(28)18-23(24)19-8-6-5-7-9-19/h5-15,18H,16-17H2,1-4H3. The number of halogens is 2. The van der Waals surface area contributed by atoms with Crippen molar-refractivity contribution in [1.82, 2.24) is 0 Å². The van der Waals surface area contributed by atoms with E-state index in [0.717, 1.165) is 35.1 Å². The zero-order valence-corrected chi connectivity index (χ0v) is 17.1. The van der Waals surface area contributed by atoms with Crippen LogP contribution in [0.5, 0.6) is 0 Å². The van der Waals surface area contributed by atoms with E-state index in [1.807, 2.05) is 48.5 Å². The smallest absolute Gasteiger partial charge is 0.123 e. The van der Waals surface area contributed by atoms with Crippen LogP contribution in [0.25, 0.3) is 11.1 Å². The lowest BCUT2D eigenvalue weighted by molar-refractivity contribution is 0.375. The van der Waals surface area contributed by atoms with Crippen LogP contribution in [-0.2, 0) is 10.8 Å². The summed E-state index contributed by atoms with van der Waals surface area (Å²) in [5.74, 6) is -0.427. The second-order valence-corrected chi connectivity index (χ2v) is 8.83. The lowest BCUT2D eigenvalue weighted by Gasteiger charge is -2.33. The molecule has 0 aliphatic heterocycles. The van der Waals surface area contributed by atoms with Gasteiger partial charge in [-0.1, -0.05) is 76.2 Å². The lowest BCUT2D eigenvalue weighted by Crippen LogP contribution is -2.25. The van der Waals surface area contributed by atoms with Gasteiger partial charge in [0, 0.05) is 0 Å². The maximum absolute atomic E-state index is 14.0. The van der Waals surface area contributed by atoms with Gasteiger partial charge in [-0.3, -0.25) is 0 Å². The monoisotopic (exact) mass is 378 g/mol. The Morgan fingerprint density at radius 1 is 0.643 bits per heavy atom. The summed E-state index contributed by atoms with van der Waals surface area (Å²) in [7, 11) is 0. The zero-order valence-electron chi connectivity index (χ0n) is 17.1. The zero-order chi connectivity index (χ0) is 20.4. The molecular weight excluding hydrogens is 350 g/mol. The Hall–Kier alpha value is -2.48. The first-order valence-electron chi connectivity index (χ1n) is 9.81. The van der Waals surface area contributed by atoms with Crippen LogP contribution in [0.3, 0.4) is 0 Å². The minimum atomic E-state index is -0.218. The van der Waals surface area contributed by atoms with Gasteiger partial charge in [0.1, 0.15) is 11.6 Å². The minimum Gasteiger partial charge on any atom is -0.207 e. The first-order valence-corrected chi connectivity index (χ1v) is 9.81. The molecule has 0 amide bonds. The van der Waals surface area contributed by atoms with E-state index in [1.54, 1.807) is 12.1 Å². The van der Waals surface area contributed by atoms with Crippen LogP contribution in [0.15, 0.2) is 72.8 Å². The Morgan fingerprint density at radius 2 is 1.21 bits per heavy atom. The minimum absolute atomic E-state index is 0.0715. The lowest BCUT2D eigenvalue weighted by atomic mass is 9.71. The Labute approximate surface area is 167 Å². The van der Waals surface area contributed by atoms with Crippen LogP contribution in [0.4, 0.5) is 8.78 Å². The van der Waals surface area contributed by atoms with E-state index in [9.17, 15) is 8.78 Å². The van der Waals surface area contributed by atoms with E-state index in [1.165, 1.54) is 12.1 Å². The molecule has 0 saturated heterocycles. The molecule has 0 aliphatic carbocycles. The summed E-state index contributed by atoms with van der Waals surface area (Å²) in [5.41, 5.74) is 4.06. The SMILES string of the molecule is CC(C)(CCC(C)(C)c1ccc(F)cc1-c1ccccc1)c1ccc(F)cc1. The van der Waals surface area contributed by atoms with Gasteiger partial charge in [0.15, 0.2) is 0 Å². The average Bonchev–Trinajstić information content (AvgIpc) is 2.67. The molecule has 0 atom stereocenters. The van der Waals surface area contributed by atoms with Crippen molar-refractivity contribution in [3.05, 3.63) is 95.6 Å². The number of hydrogen-bond acceptors (Lipinski definition) is 0. The summed E-state index contributed by atoms with van der Waals surface area (Å²) in [6.45, 7) is 8.82. The van der Waals surface area contributed by atoms with Crippen LogP contribution in [-0.4, -0.2) is 0 Å². The highest BCUT2D eigenvalue weighted by molar-refractivity contribution is 5.68. The van der Waals surface area contributed by atoms with E-state index >= 15 is 0 Å². The van der Waals surface area contributed by atoms with Crippen LogP contribution in [0.2, 0.25) is 0 Å². The molecule has 2 heteroatoms. The number of rotatable bonds is 6. The van der Waals surface area contributed by atoms with E-state index in [2.05, 4.69) is 27.7 Å². The van der Waals surface area contributed by atoms with E-state index in [0.29, 0.717) is 0 Å². The summed E-state index contributed by atoms with van der Waals surface area (Å²) >= 11 is 0. The molecule has 0 radical (unpaired) electrons. The van der Waals surface area contributed by atoms with E-state index in [-0.39, 0.29) is 22.5 Å². The fraction of sp³-hybridized carbons (Fsp3) is 0.308. The Morgan fingerprint density at radius 3 is 1.86 bits per heavy atom. The number of hydrogen-bond donors (Lipinski definition) is 0. The molecule has 0 nitrogen and oxygen atoms in total. The number of benzene rings is 3. The highest BCUT2D eigenvalue weighted by Gasteiger charge is 2.29. The Kier molecular flexibility index (Phi) is 5.69. The predicted octanol–water partition coefficient (Wildman–Crippen LogP) is 7.67. The van der Waals surface area contributed by atoms with Crippen LogP contribution >= 0.6 is 0 Å². The molecule has 0 saturated carbocycles. The Bertz CT molecular complexity index is 922. The summed E-state index contributed by atoms with van der Waals surface area (Å²) in [6.07, 6.45) is 1.88. The van der Waals surface area contributed by atoms with Crippen LogP contribution in [0, 0.1) is 11.6 Å². The maximum atomic E-state index is 14.0. The Balaban J connectivity index is 1.88. The first kappa shape index (κ1) is 20.3. The van der Waals surface area contributed by atoms with E-state index < -0.39 is 0 Å². The molecule has 0 unspecified atom stereocenters. The van der Waals surface area contributed by atoms with Crippen molar-refractivity contribution < 1.29 is 8.78 Å². The second-order valence-electron chi connectivity index (χ2n) is 8.83. The van der Waals surface area contributed by atoms with Gasteiger partial charge in [-0.2, -0.15) is 0 Å². The second kappa shape index (κ2) is 7.87. The fourth-order valence-corrected chi connectivity index (χ4v) is 3.77. The molecule has 0 fully saturated rings. The van der Waals surface area contributed by atoms with Crippen molar-refractivity contribution >= 4 is 0 Å². The van der Waals surface area contributed by atoms with Gasteiger partial charge < -0.3 is 0 Å². The third-order valence-corrected chi connectivity index (χ3v) is 5.80. The topological polar surface area (TPSA) is 0 Å². The summed E-state index contributed by atoms with van der Waals surface area (Å²) in [4.78, 5) is 0. The van der Waals surface area contributed by atoms with Gasteiger partial charge in [-0.05, 0) is 70.2 Å². The normalized spacial score (nSPS) is 12.2. The molecule has 28 heavy (non-hydrogen) atoms. The highest BCUT2D eigenvalue weighted by Crippen LogP contribution is 2.40. The van der Waals surface area contributed by atoms with Gasteiger partial charge >= 0.3 is 0 Å². The summed E-state index contributed by atoms with van der Waals surface area (Å²) in [5, 5.41) is 0. The molecule has 3 aromatic rings. The molecule has 0 bridgehead atoms. The molecular formula is C26H28F2. The van der Waals surface area contributed by atoms with Gasteiger partial charge in [0.2, 0.25) is 0 Å². The largest absolute Gasteiger partial charge is 0.207 e. The molecule has 0 spiro atoms. The van der Waals surface area contributed by atoms with E-state index in [4.69, 9.17) is 0 Å². The predicted molar refractivity (Wildman–Crippen MR) is 114 cm³/mol. The molecule has 3 aromatic carbocycles. The van der Waals surface area contributed by atoms with Gasteiger partial charge in [0.25, 0.3) is 0 Å². The van der Waals surface area contributed by atoms with Crippen molar-refractivity contribution in [3.63, 3.8) is 0 Å². The van der Waals surface area contributed by atoms with Crippen molar-refractivity contribution in [3.8, 4) is 11.1 Å². The van der Waals surface area contributed by atoms with Crippen LogP contribution < -0.4 is 0 Å². The van der Waals surface area contributed by atoms with Crippen molar-refractivity contribution in [2.24, 2.45) is 0 Å². The molecule has 0 aliphatic rings.